The summed E-state index contributed by atoms with van der Waals surface area (Å²) < 4.78 is 0. The fourth-order valence-corrected chi connectivity index (χ4v) is 3.13. The van der Waals surface area contributed by atoms with Crippen LogP contribution in [0.3, 0.4) is 0 Å². The summed E-state index contributed by atoms with van der Waals surface area (Å²) >= 11 is 0. The normalized spacial score (nSPS) is 12.8. The summed E-state index contributed by atoms with van der Waals surface area (Å²) in [6, 6.07) is 8.24. The molecule has 1 aliphatic heterocycles. The Kier molecular flexibility index (Phi) is 9.90. The van der Waals surface area contributed by atoms with Crippen LogP contribution < -0.4 is 21.3 Å². The first-order valence-corrected chi connectivity index (χ1v) is 9.54. The van der Waals surface area contributed by atoms with E-state index in [4.69, 9.17) is 5.73 Å². The molecular weight excluding hydrogens is 441 g/mol. The Morgan fingerprint density at radius 2 is 1.94 bits per heavy atom. The molecular formula is C21H27Cl2N5O3. The highest BCUT2D eigenvalue weighted by Gasteiger charge is 2.26. The molecule has 0 saturated carbocycles. The van der Waals surface area contributed by atoms with Gasteiger partial charge >= 0.3 is 0 Å². The first kappa shape index (κ1) is 26.4. The van der Waals surface area contributed by atoms with Crippen LogP contribution in [0.15, 0.2) is 42.7 Å². The van der Waals surface area contributed by atoms with Gasteiger partial charge in [-0.25, -0.2) is 0 Å². The lowest BCUT2D eigenvalue weighted by Crippen LogP contribution is -2.46. The van der Waals surface area contributed by atoms with E-state index in [1.54, 1.807) is 35.5 Å². The van der Waals surface area contributed by atoms with Crippen molar-refractivity contribution >= 4 is 53.9 Å². The Balaban J connectivity index is 0.00000240. The van der Waals surface area contributed by atoms with Gasteiger partial charge in [0.15, 0.2) is 0 Å². The fourth-order valence-electron chi connectivity index (χ4n) is 3.13. The lowest BCUT2D eigenvalue weighted by atomic mass is 10.1. The molecule has 0 aliphatic carbocycles. The molecule has 0 radical (unpaired) electrons. The highest BCUT2D eigenvalue weighted by atomic mass is 35.5. The highest BCUT2D eigenvalue weighted by Crippen LogP contribution is 2.31. The van der Waals surface area contributed by atoms with Crippen molar-refractivity contribution in [1.29, 1.82) is 0 Å². The molecule has 0 fully saturated rings. The number of halogens is 2. The molecule has 0 bridgehead atoms. The second-order valence-corrected chi connectivity index (χ2v) is 7.33. The molecule has 0 unspecified atom stereocenters. The molecule has 3 amide bonds. The Hall–Kier alpha value is -2.68. The zero-order chi connectivity index (χ0) is 21.0. The zero-order valence-corrected chi connectivity index (χ0v) is 19.0. The summed E-state index contributed by atoms with van der Waals surface area (Å²) in [7, 11) is 0. The van der Waals surface area contributed by atoms with Gasteiger partial charge in [0.1, 0.15) is 0 Å². The molecule has 1 atom stereocenters. The number of benzene rings is 1. The smallest absolute Gasteiger partial charge is 0.259 e. The van der Waals surface area contributed by atoms with Gasteiger partial charge in [-0.2, -0.15) is 0 Å². The van der Waals surface area contributed by atoms with Gasteiger partial charge in [0.05, 0.1) is 18.2 Å². The standard InChI is InChI=1S/C21H25N5O3.2ClH/c1-13(2)19(22)20(28)24-12-18(27)25-16-5-6-17-14(10-16)7-9-26(17)21(29)15-4-3-8-23-11-15;;/h3-6,8,10-11,13,19H,7,9,12,22H2,1-2H3,(H,24,28)(H,25,27);2*1H/t19-;;/m0../s1. The first-order valence-electron chi connectivity index (χ1n) is 9.54. The van der Waals surface area contributed by atoms with Gasteiger partial charge < -0.3 is 21.3 Å². The van der Waals surface area contributed by atoms with Gasteiger partial charge in [0.2, 0.25) is 11.8 Å². The van der Waals surface area contributed by atoms with Crippen LogP contribution in [0.25, 0.3) is 0 Å². The monoisotopic (exact) mass is 467 g/mol. The van der Waals surface area contributed by atoms with Crippen molar-refractivity contribution in [3.63, 3.8) is 0 Å². The van der Waals surface area contributed by atoms with E-state index in [-0.39, 0.29) is 55.0 Å². The largest absolute Gasteiger partial charge is 0.346 e. The summed E-state index contributed by atoms with van der Waals surface area (Å²) in [5.74, 6) is -0.797. The number of nitrogens with zero attached hydrogens (tertiary/aromatic N) is 2. The second-order valence-electron chi connectivity index (χ2n) is 7.33. The van der Waals surface area contributed by atoms with E-state index in [2.05, 4.69) is 15.6 Å². The molecule has 31 heavy (non-hydrogen) atoms. The maximum Gasteiger partial charge on any atom is 0.259 e. The fraction of sp³-hybridized carbons (Fsp3) is 0.333. The molecule has 168 valence electrons. The number of nitrogens with two attached hydrogens (primary N) is 1. The van der Waals surface area contributed by atoms with Gasteiger partial charge in [-0.3, -0.25) is 19.4 Å². The van der Waals surface area contributed by atoms with E-state index in [0.717, 1.165) is 11.3 Å². The van der Waals surface area contributed by atoms with E-state index in [9.17, 15) is 14.4 Å². The van der Waals surface area contributed by atoms with Crippen molar-refractivity contribution in [1.82, 2.24) is 10.3 Å². The lowest BCUT2D eigenvalue weighted by molar-refractivity contribution is -0.125. The predicted octanol–water partition coefficient (Wildman–Crippen LogP) is 2.17. The SMILES string of the molecule is CC(C)[C@H](N)C(=O)NCC(=O)Nc1ccc2c(c1)CCN2C(=O)c1cccnc1.Cl.Cl. The van der Waals surface area contributed by atoms with Crippen molar-refractivity contribution < 1.29 is 14.4 Å². The Morgan fingerprint density at radius 1 is 1.19 bits per heavy atom. The van der Waals surface area contributed by atoms with Gasteiger partial charge in [-0.05, 0) is 48.2 Å². The van der Waals surface area contributed by atoms with Crippen LogP contribution in [-0.4, -0.2) is 41.8 Å². The third-order valence-corrected chi connectivity index (χ3v) is 4.86. The molecule has 0 saturated heterocycles. The number of nitrogens with one attached hydrogen (secondary N) is 2. The number of carbonyl (C=O) groups is 3. The van der Waals surface area contributed by atoms with Crippen LogP contribution in [0.4, 0.5) is 11.4 Å². The third-order valence-electron chi connectivity index (χ3n) is 4.86. The van der Waals surface area contributed by atoms with E-state index >= 15 is 0 Å². The van der Waals surface area contributed by atoms with Crippen molar-refractivity contribution in [2.24, 2.45) is 11.7 Å². The Labute approximate surface area is 193 Å². The van der Waals surface area contributed by atoms with Gasteiger partial charge in [0, 0.05) is 30.3 Å². The molecule has 10 heteroatoms. The first-order chi connectivity index (χ1) is 13.9. The number of hydrogen-bond acceptors (Lipinski definition) is 5. The number of fused-ring (bicyclic) bond motifs is 1. The average molecular weight is 468 g/mol. The maximum absolute atomic E-state index is 12.7. The molecule has 8 nitrogen and oxygen atoms in total. The van der Waals surface area contributed by atoms with Crippen molar-refractivity contribution in [3.8, 4) is 0 Å². The highest BCUT2D eigenvalue weighted by molar-refractivity contribution is 6.07. The quantitative estimate of drug-likeness (QED) is 0.601. The topological polar surface area (TPSA) is 117 Å². The van der Waals surface area contributed by atoms with Gasteiger partial charge in [0.25, 0.3) is 5.91 Å². The minimum atomic E-state index is -0.647. The molecule has 2 aromatic rings. The Morgan fingerprint density at radius 3 is 2.58 bits per heavy atom. The molecule has 1 aromatic heterocycles. The number of pyridine rings is 1. The van der Waals surface area contributed by atoms with Crippen LogP contribution in [0.5, 0.6) is 0 Å². The zero-order valence-electron chi connectivity index (χ0n) is 17.3. The molecule has 4 N–H and O–H groups in total. The van der Waals surface area contributed by atoms with Crippen LogP contribution in [0.2, 0.25) is 0 Å². The van der Waals surface area contributed by atoms with E-state index in [1.165, 1.54) is 0 Å². The van der Waals surface area contributed by atoms with Gasteiger partial charge in [-0.1, -0.05) is 13.8 Å². The lowest BCUT2D eigenvalue weighted by Gasteiger charge is -2.17. The second kappa shape index (κ2) is 11.6. The van der Waals surface area contributed by atoms with E-state index < -0.39 is 6.04 Å². The van der Waals surface area contributed by atoms with E-state index in [1.807, 2.05) is 26.0 Å². The minimum absolute atomic E-state index is 0. The number of hydrogen-bond donors (Lipinski definition) is 3. The Bertz CT molecular complexity index is 924. The van der Waals surface area contributed by atoms with Crippen LogP contribution in [0, 0.1) is 5.92 Å². The van der Waals surface area contributed by atoms with Crippen LogP contribution >= 0.6 is 24.8 Å². The number of anilines is 2. The minimum Gasteiger partial charge on any atom is -0.346 e. The molecule has 1 aromatic carbocycles. The summed E-state index contributed by atoms with van der Waals surface area (Å²) in [5.41, 5.74) is 8.72. The molecule has 3 rings (SSSR count). The number of aromatic nitrogens is 1. The van der Waals surface area contributed by atoms with E-state index in [0.29, 0.717) is 24.2 Å². The number of rotatable bonds is 6. The van der Waals surface area contributed by atoms with Crippen LogP contribution in [-0.2, 0) is 16.0 Å². The van der Waals surface area contributed by atoms with Crippen LogP contribution in [0.1, 0.15) is 29.8 Å². The van der Waals surface area contributed by atoms with Crippen molar-refractivity contribution in [2.45, 2.75) is 26.3 Å². The maximum atomic E-state index is 12.7. The number of carbonyl (C=O) groups excluding carboxylic acids is 3. The summed E-state index contributed by atoms with van der Waals surface area (Å²) in [6.07, 6.45) is 3.88. The van der Waals surface area contributed by atoms with Gasteiger partial charge in [-0.15, -0.1) is 24.8 Å². The molecule has 2 heterocycles. The summed E-state index contributed by atoms with van der Waals surface area (Å²) in [4.78, 5) is 42.4. The molecule has 1 aliphatic rings. The number of amides is 3. The van der Waals surface area contributed by atoms with Crippen molar-refractivity contribution in [3.05, 3.63) is 53.9 Å². The van der Waals surface area contributed by atoms with Crippen molar-refractivity contribution in [2.75, 3.05) is 23.3 Å². The predicted molar refractivity (Wildman–Crippen MR) is 125 cm³/mol. The average Bonchev–Trinajstić information content (AvgIpc) is 3.14. The summed E-state index contributed by atoms with van der Waals surface area (Å²) in [5, 5.41) is 5.30. The third kappa shape index (κ3) is 6.40. The summed E-state index contributed by atoms with van der Waals surface area (Å²) in [6.45, 7) is 4.11. The molecule has 0 spiro atoms.